The van der Waals surface area contributed by atoms with Crippen molar-refractivity contribution in [2.45, 2.75) is 19.4 Å². The van der Waals surface area contributed by atoms with E-state index in [4.69, 9.17) is 20.9 Å². The molecule has 2 aromatic carbocycles. The van der Waals surface area contributed by atoms with E-state index < -0.39 is 0 Å². The molecule has 0 bridgehead atoms. The number of amides is 1. The highest BCUT2D eigenvalue weighted by molar-refractivity contribution is 6.30. The van der Waals surface area contributed by atoms with Crippen LogP contribution in [0.4, 0.5) is 0 Å². The Labute approximate surface area is 191 Å². The summed E-state index contributed by atoms with van der Waals surface area (Å²) in [6, 6.07) is 14.8. The Balaban J connectivity index is 1.11. The Morgan fingerprint density at radius 3 is 2.44 bits per heavy atom. The van der Waals surface area contributed by atoms with Gasteiger partial charge >= 0.3 is 0 Å². The first kappa shape index (κ1) is 21.0. The van der Waals surface area contributed by atoms with Crippen molar-refractivity contribution in [2.24, 2.45) is 5.92 Å². The summed E-state index contributed by atoms with van der Waals surface area (Å²) in [5.74, 6) is 2.72. The number of carbonyl (C=O) groups is 1. The van der Waals surface area contributed by atoms with Crippen LogP contribution in [-0.4, -0.2) is 58.6 Å². The van der Waals surface area contributed by atoms with Gasteiger partial charge in [-0.2, -0.15) is 4.98 Å². The SMILES string of the molecule is O=C(c1ccc(OCC2CC2)cc1)N1CCN(Cc2nc(-c3ccc(Cl)cc3)no2)CC1. The standard InChI is InChI=1S/C24H25ClN4O3/c25-20-7-3-18(4-8-20)23-26-22(32-27-23)15-28-11-13-29(14-12-28)24(30)19-5-9-21(10-6-19)31-16-17-1-2-17/h3-10,17H,1-2,11-16H2. The Bertz CT molecular complexity index is 1060. The topological polar surface area (TPSA) is 71.7 Å². The lowest BCUT2D eigenvalue weighted by Gasteiger charge is -2.34. The molecule has 1 aliphatic heterocycles. The van der Waals surface area contributed by atoms with Crippen molar-refractivity contribution in [3.63, 3.8) is 0 Å². The molecule has 2 aliphatic rings. The van der Waals surface area contributed by atoms with Crippen LogP contribution in [0.5, 0.6) is 5.75 Å². The zero-order valence-electron chi connectivity index (χ0n) is 17.7. The highest BCUT2D eigenvalue weighted by Crippen LogP contribution is 2.29. The number of aromatic nitrogens is 2. The van der Waals surface area contributed by atoms with Crippen LogP contribution in [0.25, 0.3) is 11.4 Å². The van der Waals surface area contributed by atoms with E-state index in [1.165, 1.54) is 12.8 Å². The lowest BCUT2D eigenvalue weighted by molar-refractivity contribution is 0.0615. The van der Waals surface area contributed by atoms with Crippen molar-refractivity contribution in [2.75, 3.05) is 32.8 Å². The number of hydrogen-bond donors (Lipinski definition) is 0. The number of nitrogens with zero attached hydrogens (tertiary/aromatic N) is 4. The monoisotopic (exact) mass is 452 g/mol. The second-order valence-electron chi connectivity index (χ2n) is 8.37. The van der Waals surface area contributed by atoms with E-state index in [1.807, 2.05) is 41.3 Å². The van der Waals surface area contributed by atoms with E-state index >= 15 is 0 Å². The first-order valence-corrected chi connectivity index (χ1v) is 11.3. The van der Waals surface area contributed by atoms with Crippen LogP contribution >= 0.6 is 11.6 Å². The van der Waals surface area contributed by atoms with Crippen LogP contribution in [0.2, 0.25) is 5.02 Å². The zero-order chi connectivity index (χ0) is 21.9. The van der Waals surface area contributed by atoms with Gasteiger partial charge in [0.05, 0.1) is 13.2 Å². The minimum Gasteiger partial charge on any atom is -0.493 e. The van der Waals surface area contributed by atoms with Gasteiger partial charge in [-0.15, -0.1) is 0 Å². The third-order valence-corrected chi connectivity index (χ3v) is 6.12. The molecule has 1 aliphatic carbocycles. The van der Waals surface area contributed by atoms with Gasteiger partial charge in [-0.05, 0) is 67.3 Å². The highest BCUT2D eigenvalue weighted by atomic mass is 35.5. The second kappa shape index (κ2) is 9.30. The van der Waals surface area contributed by atoms with Gasteiger partial charge in [-0.3, -0.25) is 9.69 Å². The molecule has 0 N–H and O–H groups in total. The van der Waals surface area contributed by atoms with E-state index in [0.717, 1.165) is 31.0 Å². The molecule has 166 valence electrons. The van der Waals surface area contributed by atoms with Crippen LogP contribution in [0.15, 0.2) is 53.1 Å². The highest BCUT2D eigenvalue weighted by Gasteiger charge is 2.24. The van der Waals surface area contributed by atoms with Crippen LogP contribution < -0.4 is 4.74 Å². The fraction of sp³-hybridized carbons (Fsp3) is 0.375. The molecule has 3 aromatic rings. The molecule has 0 radical (unpaired) electrons. The maximum Gasteiger partial charge on any atom is 0.253 e. The zero-order valence-corrected chi connectivity index (χ0v) is 18.5. The molecule has 0 unspecified atom stereocenters. The molecule has 1 amide bonds. The first-order chi connectivity index (χ1) is 15.6. The molecule has 32 heavy (non-hydrogen) atoms. The molecule has 5 rings (SSSR count). The number of carbonyl (C=O) groups excluding carboxylic acids is 1. The van der Waals surface area contributed by atoms with Crippen molar-refractivity contribution in [1.82, 2.24) is 19.9 Å². The summed E-state index contributed by atoms with van der Waals surface area (Å²) >= 11 is 5.93. The Kier molecular flexibility index (Phi) is 6.10. The fourth-order valence-corrected chi connectivity index (χ4v) is 3.84. The number of ether oxygens (including phenoxy) is 1. The van der Waals surface area contributed by atoms with Gasteiger partial charge in [0.1, 0.15) is 5.75 Å². The smallest absolute Gasteiger partial charge is 0.253 e. The molecule has 7 nitrogen and oxygen atoms in total. The maximum atomic E-state index is 12.9. The summed E-state index contributed by atoms with van der Waals surface area (Å²) in [5.41, 5.74) is 1.56. The van der Waals surface area contributed by atoms with Gasteiger partial charge in [0.15, 0.2) is 0 Å². The fourth-order valence-electron chi connectivity index (χ4n) is 3.71. The Hall–Kier alpha value is -2.90. The van der Waals surface area contributed by atoms with E-state index in [0.29, 0.717) is 47.9 Å². The van der Waals surface area contributed by atoms with Gasteiger partial charge in [-0.1, -0.05) is 16.8 Å². The first-order valence-electron chi connectivity index (χ1n) is 11.0. The molecule has 8 heteroatoms. The third kappa shape index (κ3) is 5.11. The summed E-state index contributed by atoms with van der Waals surface area (Å²) in [5, 5.41) is 4.74. The molecular weight excluding hydrogens is 428 g/mol. The van der Waals surface area contributed by atoms with Gasteiger partial charge in [-0.25, -0.2) is 0 Å². The molecule has 2 heterocycles. The molecule has 1 saturated carbocycles. The van der Waals surface area contributed by atoms with Crippen molar-refractivity contribution in [3.05, 3.63) is 65.0 Å². The number of halogens is 1. The summed E-state index contributed by atoms with van der Waals surface area (Å²) < 4.78 is 11.2. The molecular formula is C24H25ClN4O3. The van der Waals surface area contributed by atoms with Crippen molar-refractivity contribution in [1.29, 1.82) is 0 Å². The van der Waals surface area contributed by atoms with Crippen molar-refractivity contribution < 1.29 is 14.1 Å². The molecule has 0 spiro atoms. The average Bonchev–Trinajstić information content (AvgIpc) is 3.55. The molecule has 1 saturated heterocycles. The van der Waals surface area contributed by atoms with Gasteiger partial charge < -0.3 is 14.2 Å². The Morgan fingerprint density at radius 2 is 1.75 bits per heavy atom. The summed E-state index contributed by atoms with van der Waals surface area (Å²) in [6.45, 7) is 4.18. The Morgan fingerprint density at radius 1 is 1.03 bits per heavy atom. The van der Waals surface area contributed by atoms with Crippen molar-refractivity contribution >= 4 is 17.5 Å². The van der Waals surface area contributed by atoms with E-state index in [9.17, 15) is 4.79 Å². The average molecular weight is 453 g/mol. The number of benzene rings is 2. The molecule has 1 aromatic heterocycles. The van der Waals surface area contributed by atoms with E-state index in [2.05, 4.69) is 15.0 Å². The predicted molar refractivity (Wildman–Crippen MR) is 121 cm³/mol. The van der Waals surface area contributed by atoms with Crippen LogP contribution in [0.1, 0.15) is 29.1 Å². The minimum absolute atomic E-state index is 0.0567. The number of hydrogen-bond acceptors (Lipinski definition) is 6. The minimum atomic E-state index is 0.0567. The van der Waals surface area contributed by atoms with Crippen molar-refractivity contribution in [3.8, 4) is 17.1 Å². The lowest BCUT2D eigenvalue weighted by Crippen LogP contribution is -2.48. The van der Waals surface area contributed by atoms with Crippen LogP contribution in [0, 0.1) is 5.92 Å². The van der Waals surface area contributed by atoms with Gasteiger partial charge in [0.2, 0.25) is 11.7 Å². The van der Waals surface area contributed by atoms with Gasteiger partial charge in [0, 0.05) is 42.3 Å². The second-order valence-corrected chi connectivity index (χ2v) is 8.80. The summed E-state index contributed by atoms with van der Waals surface area (Å²) in [7, 11) is 0. The predicted octanol–water partition coefficient (Wildman–Crippen LogP) is 4.14. The third-order valence-electron chi connectivity index (χ3n) is 5.87. The number of piperazine rings is 1. The molecule has 2 fully saturated rings. The summed E-state index contributed by atoms with van der Waals surface area (Å²) in [4.78, 5) is 21.5. The normalized spacial score (nSPS) is 16.8. The van der Waals surface area contributed by atoms with Gasteiger partial charge in [0.25, 0.3) is 5.91 Å². The number of rotatable bonds is 7. The van der Waals surface area contributed by atoms with E-state index in [1.54, 1.807) is 12.1 Å². The molecule has 0 atom stereocenters. The largest absolute Gasteiger partial charge is 0.493 e. The quantitative estimate of drug-likeness (QED) is 0.536. The lowest BCUT2D eigenvalue weighted by atomic mass is 10.1. The van der Waals surface area contributed by atoms with Crippen LogP contribution in [-0.2, 0) is 6.54 Å². The van der Waals surface area contributed by atoms with E-state index in [-0.39, 0.29) is 5.91 Å². The maximum absolute atomic E-state index is 12.9. The summed E-state index contributed by atoms with van der Waals surface area (Å²) in [6.07, 6.45) is 2.52. The van der Waals surface area contributed by atoms with Crippen LogP contribution in [0.3, 0.4) is 0 Å².